The van der Waals surface area contributed by atoms with Gasteiger partial charge in [-0.3, -0.25) is 5.41 Å². The maximum absolute atomic E-state index is 7.25. The molecule has 1 N–H and O–H groups in total. The van der Waals surface area contributed by atoms with Crippen LogP contribution in [0.5, 0.6) is 0 Å². The van der Waals surface area contributed by atoms with Gasteiger partial charge in [-0.2, -0.15) is 0 Å². The third kappa shape index (κ3) is 17.3. The molecule has 0 aliphatic rings. The first-order valence-electron chi connectivity index (χ1n) is 8.32. The SMILES string of the molecule is CCCCCCCCCCCCC[CH+]C=CC(C)=N. The molecule has 1 heteroatoms. The zero-order chi connectivity index (χ0) is 14.2. The first-order chi connectivity index (χ1) is 9.27. The Kier molecular flexibility index (Phi) is 14.8. The van der Waals surface area contributed by atoms with Crippen LogP contribution in [0.3, 0.4) is 0 Å². The molecule has 0 heterocycles. The van der Waals surface area contributed by atoms with Crippen molar-refractivity contribution in [3.8, 4) is 0 Å². The predicted molar refractivity (Wildman–Crippen MR) is 87.9 cm³/mol. The van der Waals surface area contributed by atoms with Crippen LogP contribution in [0, 0.1) is 11.8 Å². The minimum Gasteiger partial charge on any atom is -0.285 e. The van der Waals surface area contributed by atoms with E-state index in [0.717, 1.165) is 0 Å². The molecule has 0 aromatic heterocycles. The summed E-state index contributed by atoms with van der Waals surface area (Å²) in [6, 6.07) is 0. The summed E-state index contributed by atoms with van der Waals surface area (Å²) in [6.45, 7) is 4.09. The fourth-order valence-corrected chi connectivity index (χ4v) is 2.24. The van der Waals surface area contributed by atoms with Crippen LogP contribution >= 0.6 is 0 Å². The second-order valence-electron chi connectivity index (χ2n) is 5.60. The average molecular weight is 264 g/mol. The van der Waals surface area contributed by atoms with Crippen molar-refractivity contribution < 1.29 is 0 Å². The number of unbranched alkanes of at least 4 members (excludes halogenated alkanes) is 12. The minimum atomic E-state index is 0.634. The highest BCUT2D eigenvalue weighted by Gasteiger charge is 1.95. The molecule has 0 unspecified atom stereocenters. The Morgan fingerprint density at radius 3 is 1.79 bits per heavy atom. The molecule has 0 spiro atoms. The lowest BCUT2D eigenvalue weighted by Crippen LogP contribution is -1.83. The zero-order valence-electron chi connectivity index (χ0n) is 13.2. The highest BCUT2D eigenvalue weighted by molar-refractivity contribution is 5.89. The van der Waals surface area contributed by atoms with Gasteiger partial charge in [0.1, 0.15) is 5.71 Å². The summed E-state index contributed by atoms with van der Waals surface area (Å²) in [5, 5.41) is 7.25. The maximum atomic E-state index is 7.25. The van der Waals surface area contributed by atoms with Crippen LogP contribution in [0.4, 0.5) is 0 Å². The molecule has 0 rings (SSSR count). The Balaban J connectivity index is 3.01. The second kappa shape index (κ2) is 15.3. The molecule has 0 aromatic carbocycles. The van der Waals surface area contributed by atoms with E-state index in [1.165, 1.54) is 77.0 Å². The van der Waals surface area contributed by atoms with E-state index < -0.39 is 0 Å². The Morgan fingerprint density at radius 2 is 1.32 bits per heavy atom. The van der Waals surface area contributed by atoms with E-state index >= 15 is 0 Å². The predicted octanol–water partition coefficient (Wildman–Crippen LogP) is 6.49. The maximum Gasteiger partial charge on any atom is 0.111 e. The van der Waals surface area contributed by atoms with Gasteiger partial charge in [-0.05, 0) is 13.3 Å². The summed E-state index contributed by atoms with van der Waals surface area (Å²) < 4.78 is 0. The van der Waals surface area contributed by atoms with Gasteiger partial charge in [-0.1, -0.05) is 71.1 Å². The zero-order valence-corrected chi connectivity index (χ0v) is 13.2. The van der Waals surface area contributed by atoms with Gasteiger partial charge >= 0.3 is 0 Å². The third-order valence-corrected chi connectivity index (χ3v) is 3.46. The standard InChI is InChI=1S/C18H34N/c1-3-4-5-6-7-8-9-10-11-12-13-14-15-16-17-18(2)19/h15-17,19H,3-14H2,1-2H3/q+1. The molecule has 0 radical (unpaired) electrons. The second-order valence-corrected chi connectivity index (χ2v) is 5.60. The van der Waals surface area contributed by atoms with Gasteiger partial charge in [-0.15, -0.1) is 0 Å². The summed E-state index contributed by atoms with van der Waals surface area (Å²) in [5.41, 5.74) is 0.634. The first-order valence-corrected chi connectivity index (χ1v) is 8.32. The van der Waals surface area contributed by atoms with E-state index in [2.05, 4.69) is 13.3 Å². The molecule has 110 valence electrons. The van der Waals surface area contributed by atoms with E-state index in [1.807, 2.05) is 19.1 Å². The number of hydrogen-bond donors (Lipinski definition) is 1. The molecule has 0 saturated heterocycles. The monoisotopic (exact) mass is 264 g/mol. The third-order valence-electron chi connectivity index (χ3n) is 3.46. The lowest BCUT2D eigenvalue weighted by atomic mass is 10.0. The van der Waals surface area contributed by atoms with E-state index in [-0.39, 0.29) is 0 Å². The number of nitrogens with one attached hydrogen (secondary N) is 1. The largest absolute Gasteiger partial charge is 0.285 e. The van der Waals surface area contributed by atoms with Crippen molar-refractivity contribution in [1.29, 1.82) is 5.41 Å². The van der Waals surface area contributed by atoms with Crippen LogP contribution in [0.25, 0.3) is 0 Å². The quantitative estimate of drug-likeness (QED) is 0.211. The number of rotatable bonds is 14. The molecule has 0 saturated carbocycles. The van der Waals surface area contributed by atoms with Gasteiger partial charge < -0.3 is 0 Å². The summed E-state index contributed by atoms with van der Waals surface area (Å²) in [4.78, 5) is 0. The van der Waals surface area contributed by atoms with Gasteiger partial charge in [-0.25, -0.2) is 0 Å². The van der Waals surface area contributed by atoms with Crippen molar-refractivity contribution in [1.82, 2.24) is 0 Å². The first kappa shape index (κ1) is 18.3. The number of hydrogen-bond acceptors (Lipinski definition) is 1. The van der Waals surface area contributed by atoms with Gasteiger partial charge in [0.25, 0.3) is 0 Å². The fourth-order valence-electron chi connectivity index (χ4n) is 2.24. The van der Waals surface area contributed by atoms with Crippen molar-refractivity contribution in [2.45, 2.75) is 90.9 Å². The summed E-state index contributed by atoms with van der Waals surface area (Å²) in [5.74, 6) is 0. The lowest BCUT2D eigenvalue weighted by Gasteiger charge is -2.01. The van der Waals surface area contributed by atoms with E-state index in [9.17, 15) is 0 Å². The molecule has 0 bridgehead atoms. The lowest BCUT2D eigenvalue weighted by molar-refractivity contribution is 0.549. The number of allylic oxidation sites excluding steroid dienone is 2. The van der Waals surface area contributed by atoms with Crippen molar-refractivity contribution >= 4 is 5.71 Å². The van der Waals surface area contributed by atoms with Crippen LogP contribution < -0.4 is 0 Å². The Hall–Kier alpha value is -0.720. The molecule has 0 amide bonds. The van der Waals surface area contributed by atoms with Crippen molar-refractivity contribution in [2.75, 3.05) is 0 Å². The van der Waals surface area contributed by atoms with Crippen molar-refractivity contribution in [2.24, 2.45) is 0 Å². The van der Waals surface area contributed by atoms with Crippen molar-refractivity contribution in [3.63, 3.8) is 0 Å². The van der Waals surface area contributed by atoms with Crippen molar-refractivity contribution in [3.05, 3.63) is 18.6 Å². The topological polar surface area (TPSA) is 23.9 Å². The minimum absolute atomic E-state index is 0.634. The van der Waals surface area contributed by atoms with Gasteiger partial charge in [0.05, 0.1) is 12.2 Å². The van der Waals surface area contributed by atoms with Crippen LogP contribution in [0.15, 0.2) is 12.2 Å². The normalized spacial score (nSPS) is 11.1. The molecule has 0 fully saturated rings. The molecular formula is C18H34N+. The molecular weight excluding hydrogens is 230 g/mol. The van der Waals surface area contributed by atoms with Crippen LogP contribution in [0.2, 0.25) is 0 Å². The van der Waals surface area contributed by atoms with Gasteiger partial charge in [0, 0.05) is 12.8 Å². The van der Waals surface area contributed by atoms with Crippen LogP contribution in [0.1, 0.15) is 90.9 Å². The summed E-state index contributed by atoms with van der Waals surface area (Å²) >= 11 is 0. The van der Waals surface area contributed by atoms with E-state index in [4.69, 9.17) is 5.41 Å². The average Bonchev–Trinajstić information content (AvgIpc) is 2.39. The molecule has 0 aliphatic carbocycles. The van der Waals surface area contributed by atoms with Crippen LogP contribution in [-0.4, -0.2) is 5.71 Å². The molecule has 1 nitrogen and oxygen atoms in total. The highest BCUT2D eigenvalue weighted by atomic mass is 14.4. The summed E-state index contributed by atoms with van der Waals surface area (Å²) in [6.07, 6.45) is 22.7. The molecule has 0 atom stereocenters. The molecule has 0 aromatic rings. The van der Waals surface area contributed by atoms with Gasteiger partial charge in [0.2, 0.25) is 0 Å². The van der Waals surface area contributed by atoms with E-state index in [0.29, 0.717) is 5.71 Å². The smallest absolute Gasteiger partial charge is 0.111 e. The highest BCUT2D eigenvalue weighted by Crippen LogP contribution is 2.12. The van der Waals surface area contributed by atoms with Crippen LogP contribution in [-0.2, 0) is 0 Å². The Labute approximate surface area is 121 Å². The van der Waals surface area contributed by atoms with E-state index in [1.54, 1.807) is 0 Å². The van der Waals surface area contributed by atoms with Gasteiger partial charge in [0.15, 0.2) is 0 Å². The fraction of sp³-hybridized carbons (Fsp3) is 0.778. The Bertz CT molecular complexity index is 218. The Morgan fingerprint density at radius 1 is 0.842 bits per heavy atom. The molecule has 0 aliphatic heterocycles. The molecule has 19 heavy (non-hydrogen) atoms. The summed E-state index contributed by atoms with van der Waals surface area (Å²) in [7, 11) is 0.